The van der Waals surface area contributed by atoms with Gasteiger partial charge < -0.3 is 0 Å². The number of nitrogens with zero attached hydrogens (tertiary/aromatic N) is 9. The molecule has 0 aliphatic heterocycles. The number of hydrogen-bond acceptors (Lipinski definition) is 6. The van der Waals surface area contributed by atoms with Crippen molar-refractivity contribution in [1.29, 1.82) is 0 Å². The van der Waals surface area contributed by atoms with Crippen molar-refractivity contribution in [3.63, 3.8) is 0 Å². The van der Waals surface area contributed by atoms with Crippen molar-refractivity contribution in [1.82, 2.24) is 43.6 Å². The van der Waals surface area contributed by atoms with Crippen LogP contribution in [0.5, 0.6) is 0 Å². The molecule has 0 bridgehead atoms. The van der Waals surface area contributed by atoms with Crippen molar-refractivity contribution in [2.24, 2.45) is 0 Å². The van der Waals surface area contributed by atoms with E-state index in [1.54, 1.807) is 0 Å². The largest absolute Gasteiger partial charge is 0.276 e. The molecule has 7 aromatic carbocycles. The third-order valence-corrected chi connectivity index (χ3v) is 13.7. The molecule has 342 valence electrons. The maximum absolute atomic E-state index is 5.74. The van der Waals surface area contributed by atoms with Gasteiger partial charge in [-0.15, -0.1) is 0 Å². The van der Waals surface area contributed by atoms with Crippen molar-refractivity contribution in [2.45, 2.75) is 20.8 Å². The minimum Gasteiger partial charge on any atom is -0.276 e. The number of aryl methyl sites for hydroxylation is 3. The van der Waals surface area contributed by atoms with E-state index in [9.17, 15) is 0 Å². The van der Waals surface area contributed by atoms with Gasteiger partial charge in [-0.05, 0) is 109 Å². The Morgan fingerprint density at radius 2 is 0.528 bits per heavy atom. The highest BCUT2D eigenvalue weighted by molar-refractivity contribution is 6.15. The maximum atomic E-state index is 5.74. The Bertz CT molecular complexity index is 3740. The summed E-state index contributed by atoms with van der Waals surface area (Å²) in [5.41, 5.74) is 19.0. The number of rotatable bonds is 9. The van der Waals surface area contributed by atoms with Crippen molar-refractivity contribution in [3.8, 4) is 84.6 Å². The summed E-state index contributed by atoms with van der Waals surface area (Å²) in [6, 6.07) is 69.6. The molecular formula is C63H45N9. The molecule has 0 aliphatic carbocycles. The van der Waals surface area contributed by atoms with E-state index in [-0.39, 0.29) is 0 Å². The van der Waals surface area contributed by atoms with Crippen molar-refractivity contribution in [2.75, 3.05) is 0 Å². The smallest absolute Gasteiger partial charge is 0.164 e. The number of pyridine rings is 3. The summed E-state index contributed by atoms with van der Waals surface area (Å²) in [4.78, 5) is 32.6. The fourth-order valence-electron chi connectivity index (χ4n) is 10.5. The first-order valence-electron chi connectivity index (χ1n) is 24.1. The summed E-state index contributed by atoms with van der Waals surface area (Å²) < 4.78 is 6.73. The van der Waals surface area contributed by atoms with Crippen LogP contribution >= 0.6 is 0 Å². The summed E-state index contributed by atoms with van der Waals surface area (Å²) in [6.07, 6.45) is 5.55. The fourth-order valence-corrected chi connectivity index (χ4v) is 10.5. The zero-order valence-corrected chi connectivity index (χ0v) is 39.8. The number of hydrogen-bond donors (Lipinski definition) is 0. The van der Waals surface area contributed by atoms with Crippen molar-refractivity contribution >= 4 is 33.5 Å². The Morgan fingerprint density at radius 1 is 0.264 bits per heavy atom. The quantitative estimate of drug-likeness (QED) is 0.143. The normalized spacial score (nSPS) is 11.5. The average Bonchev–Trinajstić information content (AvgIpc) is 4.13. The predicted molar refractivity (Wildman–Crippen MR) is 291 cm³/mol. The highest BCUT2D eigenvalue weighted by atomic mass is 15.2. The molecule has 9 heteroatoms. The molecule has 6 heterocycles. The number of imidazole rings is 3. The second-order valence-electron chi connectivity index (χ2n) is 18.1. The molecule has 0 saturated carbocycles. The van der Waals surface area contributed by atoms with Crippen LogP contribution in [-0.2, 0) is 0 Å². The van der Waals surface area contributed by atoms with Crippen molar-refractivity contribution < 1.29 is 0 Å². The second-order valence-corrected chi connectivity index (χ2v) is 18.1. The molecule has 0 atom stereocenters. The Balaban J connectivity index is 1.38. The zero-order valence-electron chi connectivity index (χ0n) is 39.8. The third-order valence-electron chi connectivity index (χ3n) is 13.7. The number of benzene rings is 7. The molecule has 9 nitrogen and oxygen atoms in total. The molecule has 13 aromatic rings. The van der Waals surface area contributed by atoms with E-state index in [4.69, 9.17) is 29.9 Å². The first kappa shape index (κ1) is 42.5. The van der Waals surface area contributed by atoms with Crippen molar-refractivity contribution in [3.05, 3.63) is 235 Å². The molecule has 0 fully saturated rings. The van der Waals surface area contributed by atoms with Gasteiger partial charge in [0, 0.05) is 52.0 Å². The van der Waals surface area contributed by atoms with Gasteiger partial charge in [0.15, 0.2) is 16.9 Å². The summed E-state index contributed by atoms with van der Waals surface area (Å²) in [5, 5.41) is 0. The van der Waals surface area contributed by atoms with Crippen LogP contribution in [0, 0.1) is 20.8 Å². The number of fused-ring (bicyclic) bond motifs is 3. The van der Waals surface area contributed by atoms with Gasteiger partial charge in [0.25, 0.3) is 0 Å². The Hall–Kier alpha value is -9.60. The lowest BCUT2D eigenvalue weighted by Gasteiger charge is -2.28. The van der Waals surface area contributed by atoms with Gasteiger partial charge >= 0.3 is 0 Å². The first-order valence-corrected chi connectivity index (χ1v) is 24.1. The standard InChI is InChI=1S/C63H45N9/c1-40-22-13-16-34-49(40)70-58-46(31-19-37-64-58)67-61(70)55-52(43-25-7-4-8-26-43)56(62-68-47-32-20-38-65-59(47)71(62)50-35-17-14-23-41(50)2)54(45-29-11-6-12-30-45)57(53(55)44-27-9-5-10-28-44)63-69-48-33-21-39-66-60(48)72(63)51-36-18-15-24-42(51)3/h4-39H,1-3H3. The van der Waals surface area contributed by atoms with Crippen LogP contribution in [0.15, 0.2) is 219 Å². The molecule has 0 radical (unpaired) electrons. The molecule has 0 saturated heterocycles. The highest BCUT2D eigenvalue weighted by Crippen LogP contribution is 2.57. The first-order chi connectivity index (χ1) is 35.5. The predicted octanol–water partition coefficient (Wildman–Crippen LogP) is 14.8. The monoisotopic (exact) mass is 927 g/mol. The second kappa shape index (κ2) is 17.4. The van der Waals surface area contributed by atoms with Crippen LogP contribution < -0.4 is 0 Å². The van der Waals surface area contributed by atoms with E-state index in [0.29, 0.717) is 17.5 Å². The van der Waals surface area contributed by atoms with Gasteiger partial charge in [0.1, 0.15) is 34.0 Å². The minimum absolute atomic E-state index is 0.714. The van der Waals surface area contributed by atoms with Crippen LogP contribution in [0.4, 0.5) is 0 Å². The van der Waals surface area contributed by atoms with E-state index >= 15 is 0 Å². The molecule has 0 amide bonds. The molecule has 6 aromatic heterocycles. The molecule has 0 unspecified atom stereocenters. The van der Waals surface area contributed by atoms with E-state index < -0.39 is 0 Å². The minimum atomic E-state index is 0.714. The van der Waals surface area contributed by atoms with E-state index in [1.165, 1.54) is 0 Å². The molecular weight excluding hydrogens is 883 g/mol. The van der Waals surface area contributed by atoms with E-state index in [0.717, 1.165) is 117 Å². The van der Waals surface area contributed by atoms with Crippen LogP contribution in [0.25, 0.3) is 118 Å². The SMILES string of the molecule is Cc1ccccc1-n1c(-c2c(-c3ccccc3)c(-c3nc4cccnc4n3-c3ccccc3C)c(-c3ccccc3)c(-c3nc4cccnc4n3-c3ccccc3C)c2-c2ccccc2)nc2cccnc21. The lowest BCUT2D eigenvalue weighted by molar-refractivity contribution is 1.05. The van der Waals surface area contributed by atoms with Gasteiger partial charge in [0.2, 0.25) is 0 Å². The van der Waals surface area contributed by atoms with Crippen LogP contribution in [0.3, 0.4) is 0 Å². The van der Waals surface area contributed by atoms with Gasteiger partial charge in [-0.2, -0.15) is 0 Å². The van der Waals surface area contributed by atoms with Crippen LogP contribution in [0.2, 0.25) is 0 Å². The Morgan fingerprint density at radius 3 is 0.806 bits per heavy atom. The number of aromatic nitrogens is 9. The van der Waals surface area contributed by atoms with Crippen LogP contribution in [-0.4, -0.2) is 43.6 Å². The van der Waals surface area contributed by atoms with Gasteiger partial charge in [-0.3, -0.25) is 13.7 Å². The summed E-state index contributed by atoms with van der Waals surface area (Å²) in [6.45, 7) is 6.44. The zero-order chi connectivity index (χ0) is 48.3. The van der Waals surface area contributed by atoms with Gasteiger partial charge in [-0.25, -0.2) is 29.9 Å². The topological polar surface area (TPSA) is 92.1 Å². The number of para-hydroxylation sites is 3. The fraction of sp³-hybridized carbons (Fsp3) is 0.0476. The maximum Gasteiger partial charge on any atom is 0.164 e. The lowest BCUT2D eigenvalue weighted by Crippen LogP contribution is -2.10. The Labute approximate surface area is 416 Å². The van der Waals surface area contributed by atoms with E-state index in [1.807, 2.05) is 36.8 Å². The summed E-state index contributed by atoms with van der Waals surface area (Å²) >= 11 is 0. The lowest BCUT2D eigenvalue weighted by atomic mass is 9.78. The average molecular weight is 928 g/mol. The molecule has 0 aliphatic rings. The van der Waals surface area contributed by atoms with Gasteiger partial charge in [0.05, 0.1) is 17.1 Å². The molecule has 0 spiro atoms. The Kier molecular flexibility index (Phi) is 10.3. The van der Waals surface area contributed by atoms with E-state index in [2.05, 4.69) is 216 Å². The highest BCUT2D eigenvalue weighted by Gasteiger charge is 2.36. The summed E-state index contributed by atoms with van der Waals surface area (Å²) in [5.74, 6) is 2.14. The van der Waals surface area contributed by atoms with Gasteiger partial charge in [-0.1, -0.05) is 146 Å². The molecule has 72 heavy (non-hydrogen) atoms. The molecule has 0 N–H and O–H groups in total. The van der Waals surface area contributed by atoms with Crippen LogP contribution in [0.1, 0.15) is 16.7 Å². The third kappa shape index (κ3) is 6.85. The molecule has 13 rings (SSSR count). The summed E-state index contributed by atoms with van der Waals surface area (Å²) in [7, 11) is 0.